The van der Waals surface area contributed by atoms with Crippen LogP contribution in [0.4, 0.5) is 10.5 Å². The Morgan fingerprint density at radius 1 is 1.02 bits per heavy atom. The first kappa shape index (κ1) is 48.0. The minimum atomic E-state index is -2.48. The molecule has 3 aliphatic rings. The number of nitro benzene ring substituents is 1. The molecule has 9 atom stereocenters. The van der Waals surface area contributed by atoms with Crippen molar-refractivity contribution in [1.29, 1.82) is 0 Å². The lowest BCUT2D eigenvalue weighted by atomic mass is 9.84. The maximum Gasteiger partial charge on any atom is 0.410 e. The molecule has 0 unspecified atom stereocenters. The topological polar surface area (TPSA) is 169 Å². The van der Waals surface area contributed by atoms with Gasteiger partial charge in [0.1, 0.15) is 12.7 Å². The van der Waals surface area contributed by atoms with Crippen LogP contribution in [-0.4, -0.2) is 128 Å². The molecular formula is C46H64N2O12SSi. The monoisotopic (exact) mass is 896 g/mol. The Balaban J connectivity index is 1.27. The van der Waals surface area contributed by atoms with Crippen LogP contribution in [0.25, 0.3) is 11.1 Å². The largest absolute Gasteiger partial charge is 0.448 e. The zero-order valence-electron chi connectivity index (χ0n) is 37.1. The fourth-order valence-electron chi connectivity index (χ4n) is 9.63. The van der Waals surface area contributed by atoms with E-state index in [2.05, 4.69) is 45.0 Å². The smallest absolute Gasteiger partial charge is 0.410 e. The average molecular weight is 897 g/mol. The molecule has 0 aromatic heterocycles. The Bertz CT molecular complexity index is 1920. The van der Waals surface area contributed by atoms with Crippen molar-refractivity contribution in [3.8, 4) is 11.1 Å². The Labute approximate surface area is 370 Å². The van der Waals surface area contributed by atoms with Crippen molar-refractivity contribution >= 4 is 31.9 Å². The number of benzene rings is 3. The highest BCUT2D eigenvalue weighted by Gasteiger charge is 2.62. The number of thioether (sulfide) groups is 1. The van der Waals surface area contributed by atoms with Gasteiger partial charge in [0.15, 0.2) is 20.9 Å². The van der Waals surface area contributed by atoms with Crippen LogP contribution in [-0.2, 0) is 39.5 Å². The van der Waals surface area contributed by atoms with Crippen LogP contribution >= 0.6 is 11.8 Å². The third-order valence-electron chi connectivity index (χ3n) is 13.3. The number of rotatable bonds is 19. The SMILES string of the molecule is CC[Si](CC)(CC)O[C@@H]1[C@@H](O[C@H]2C[C@H](OC)[C@@H](N(C(=O)OCC3c4ccccc4-c4ccccc43)C(C)C)CO2)[C@H](OCc2ccccc2[N+](=O)[O-])O[C@H](C)[C@@]1(SC)[C@H](O)CO. The van der Waals surface area contributed by atoms with Gasteiger partial charge in [-0.25, -0.2) is 4.79 Å². The van der Waals surface area contributed by atoms with Crippen LogP contribution in [0, 0.1) is 10.1 Å². The molecule has 0 saturated carbocycles. The molecule has 62 heavy (non-hydrogen) atoms. The number of methoxy groups -OCH3 is 1. The van der Waals surface area contributed by atoms with Crippen molar-refractivity contribution in [3.05, 3.63) is 99.6 Å². The number of carbonyl (C=O) groups is 1. The molecule has 2 heterocycles. The van der Waals surface area contributed by atoms with E-state index in [1.807, 2.05) is 51.3 Å². The number of nitrogens with zero attached hydrogens (tertiary/aromatic N) is 2. The van der Waals surface area contributed by atoms with Crippen molar-refractivity contribution in [3.63, 3.8) is 0 Å². The van der Waals surface area contributed by atoms with Crippen molar-refractivity contribution in [2.45, 2.75) is 139 Å². The van der Waals surface area contributed by atoms with Crippen molar-refractivity contribution in [2.75, 3.05) is 33.2 Å². The summed E-state index contributed by atoms with van der Waals surface area (Å²) in [4.78, 5) is 27.3. The fourth-order valence-corrected chi connectivity index (χ4v) is 13.7. The summed E-state index contributed by atoms with van der Waals surface area (Å²) in [5.41, 5.74) is 4.77. The molecule has 1 aliphatic carbocycles. The lowest BCUT2D eigenvalue weighted by molar-refractivity contribution is -0.386. The summed E-state index contributed by atoms with van der Waals surface area (Å²) < 4.78 is 44.8. The number of para-hydroxylation sites is 1. The predicted octanol–water partition coefficient (Wildman–Crippen LogP) is 7.88. The first-order valence-corrected chi connectivity index (χ1v) is 25.5. The van der Waals surface area contributed by atoms with E-state index in [1.165, 1.54) is 17.8 Å². The van der Waals surface area contributed by atoms with E-state index in [9.17, 15) is 25.1 Å². The molecule has 2 saturated heterocycles. The van der Waals surface area contributed by atoms with Gasteiger partial charge in [0.25, 0.3) is 5.69 Å². The second-order valence-electron chi connectivity index (χ2n) is 16.6. The molecule has 0 spiro atoms. The van der Waals surface area contributed by atoms with E-state index >= 15 is 0 Å². The normalized spacial score (nSPS) is 26.8. The third kappa shape index (κ3) is 9.51. The minimum absolute atomic E-state index is 0.0489. The number of amides is 1. The van der Waals surface area contributed by atoms with Gasteiger partial charge < -0.3 is 43.1 Å². The molecule has 3 aromatic carbocycles. The van der Waals surface area contributed by atoms with E-state index in [1.54, 1.807) is 30.2 Å². The zero-order valence-corrected chi connectivity index (χ0v) is 39.0. The summed E-state index contributed by atoms with van der Waals surface area (Å²) in [6, 6.07) is 24.3. The van der Waals surface area contributed by atoms with Crippen LogP contribution in [0.15, 0.2) is 72.8 Å². The van der Waals surface area contributed by atoms with Crippen molar-refractivity contribution in [2.24, 2.45) is 0 Å². The maximum atomic E-state index is 14.1. The number of fused-ring (bicyclic) bond motifs is 3. The number of hydrogen-bond donors (Lipinski definition) is 2. The van der Waals surface area contributed by atoms with Crippen LogP contribution in [0.1, 0.15) is 70.6 Å². The highest BCUT2D eigenvalue weighted by Crippen LogP contribution is 2.48. The first-order valence-electron chi connectivity index (χ1n) is 21.8. The minimum Gasteiger partial charge on any atom is -0.448 e. The summed E-state index contributed by atoms with van der Waals surface area (Å²) in [7, 11) is -0.895. The summed E-state index contributed by atoms with van der Waals surface area (Å²) >= 11 is 1.34. The van der Waals surface area contributed by atoms with E-state index in [0.717, 1.165) is 40.4 Å². The van der Waals surface area contributed by atoms with Gasteiger partial charge >= 0.3 is 6.09 Å². The summed E-state index contributed by atoms with van der Waals surface area (Å²) in [5, 5.41) is 34.2. The molecule has 340 valence electrons. The van der Waals surface area contributed by atoms with Gasteiger partial charge in [-0.3, -0.25) is 15.0 Å². The van der Waals surface area contributed by atoms with Gasteiger partial charge in [0.2, 0.25) is 0 Å². The number of hydrogen-bond acceptors (Lipinski definition) is 13. The molecule has 6 rings (SSSR count). The number of aliphatic hydroxyl groups excluding tert-OH is 2. The quantitative estimate of drug-likeness (QED) is 0.0678. The molecular weight excluding hydrogens is 833 g/mol. The van der Waals surface area contributed by atoms with Gasteiger partial charge in [-0.1, -0.05) is 81.4 Å². The Morgan fingerprint density at radius 2 is 1.63 bits per heavy atom. The summed E-state index contributed by atoms with van der Waals surface area (Å²) in [6.45, 7) is 11.5. The molecule has 0 radical (unpaired) electrons. The Morgan fingerprint density at radius 3 is 2.19 bits per heavy atom. The van der Waals surface area contributed by atoms with E-state index in [4.69, 9.17) is 32.8 Å². The highest BCUT2D eigenvalue weighted by molar-refractivity contribution is 8.00. The molecule has 2 aliphatic heterocycles. The molecule has 16 heteroatoms. The van der Waals surface area contributed by atoms with Gasteiger partial charge in [0, 0.05) is 31.6 Å². The van der Waals surface area contributed by atoms with Gasteiger partial charge in [-0.2, -0.15) is 11.8 Å². The van der Waals surface area contributed by atoms with Crippen LogP contribution in [0.3, 0.4) is 0 Å². The number of ether oxygens (including phenoxy) is 6. The Hall–Kier alpha value is -3.42. The second kappa shape index (κ2) is 21.0. The van der Waals surface area contributed by atoms with Crippen molar-refractivity contribution < 1.29 is 52.8 Å². The first-order chi connectivity index (χ1) is 29.8. The third-order valence-corrected chi connectivity index (χ3v) is 19.5. The van der Waals surface area contributed by atoms with E-state index in [0.29, 0.717) is 5.56 Å². The lowest BCUT2D eigenvalue weighted by Gasteiger charge is -2.56. The zero-order chi connectivity index (χ0) is 44.8. The molecule has 2 N–H and O–H groups in total. The molecule has 1 amide bonds. The van der Waals surface area contributed by atoms with Gasteiger partial charge in [0.05, 0.1) is 65.5 Å². The summed E-state index contributed by atoms with van der Waals surface area (Å²) in [5.74, 6) is -0.106. The standard InChI is InChI=1S/C46H64N2O12SSi/c1-9-62(10-2,11-3)60-43-42(44(58-30(6)46(43,61-8)40(50)25-49)56-26-31-18-12-17-23-37(31)48(52)53)59-41-24-39(54-7)38(28-55-41)47(29(4)5)45(51)57-27-36-34-21-15-13-19-32(34)33-20-14-16-22-35(33)36/h12-23,29-30,36,38-44,49-50H,9-11,24-28H2,1-8H3/t30-,38+,39+,40-,41+,42-,43-,44-,46-/m1/s1. The summed E-state index contributed by atoms with van der Waals surface area (Å²) in [6.07, 6.45) is -4.94. The van der Waals surface area contributed by atoms with Crippen molar-refractivity contribution in [1.82, 2.24) is 4.90 Å². The van der Waals surface area contributed by atoms with Crippen LogP contribution < -0.4 is 0 Å². The number of nitro groups is 1. The molecule has 0 bridgehead atoms. The Kier molecular flexibility index (Phi) is 16.3. The maximum absolute atomic E-state index is 14.1. The van der Waals surface area contributed by atoms with E-state index in [-0.39, 0.29) is 43.9 Å². The van der Waals surface area contributed by atoms with Gasteiger partial charge in [-0.15, -0.1) is 0 Å². The molecule has 14 nitrogen and oxygen atoms in total. The number of aliphatic hydroxyl groups is 2. The predicted molar refractivity (Wildman–Crippen MR) is 239 cm³/mol. The lowest BCUT2D eigenvalue weighted by Crippen LogP contribution is -2.72. The highest BCUT2D eigenvalue weighted by atomic mass is 32.2. The van der Waals surface area contributed by atoms with E-state index < -0.39 is 79.8 Å². The molecule has 2 fully saturated rings. The second-order valence-corrected chi connectivity index (χ2v) is 22.5. The van der Waals surface area contributed by atoms with Gasteiger partial charge in [-0.05, 0) is 73.5 Å². The fraction of sp³-hybridized carbons (Fsp3) is 0.587. The number of carbonyl (C=O) groups excluding carboxylic acids is 1. The van der Waals surface area contributed by atoms with Crippen LogP contribution in [0.2, 0.25) is 18.1 Å². The molecule has 3 aromatic rings. The average Bonchev–Trinajstić information content (AvgIpc) is 3.61. The van der Waals surface area contributed by atoms with Crippen LogP contribution in [0.5, 0.6) is 0 Å².